The Bertz CT molecular complexity index is 871. The Kier molecular flexibility index (Phi) is 6.19. The van der Waals surface area contributed by atoms with Crippen LogP contribution in [0.25, 0.3) is 0 Å². The number of carbonyl (C=O) groups is 2. The van der Waals surface area contributed by atoms with Crippen LogP contribution < -0.4 is 11.1 Å². The molecule has 5 nitrogen and oxygen atoms in total. The summed E-state index contributed by atoms with van der Waals surface area (Å²) in [4.78, 5) is 23.7. The number of hydrogen-bond acceptors (Lipinski definition) is 3. The third-order valence-electron chi connectivity index (χ3n) is 3.82. The summed E-state index contributed by atoms with van der Waals surface area (Å²) in [5, 5.41) is 11.2. The van der Waals surface area contributed by atoms with Gasteiger partial charge in [0.15, 0.2) is 0 Å². The van der Waals surface area contributed by atoms with E-state index in [9.17, 15) is 22.8 Å². The SMILES string of the molecule is N#Cc1ccc(C[C@@H](NC(=O)Cc2cccc(C(F)(F)F)c2)C(N)=O)cc1. The van der Waals surface area contributed by atoms with Crippen LogP contribution in [-0.2, 0) is 28.6 Å². The number of nitriles is 1. The molecule has 0 fully saturated rings. The van der Waals surface area contributed by atoms with Crippen molar-refractivity contribution in [1.29, 1.82) is 5.26 Å². The zero-order valence-corrected chi connectivity index (χ0v) is 14.1. The Morgan fingerprint density at radius 1 is 1.11 bits per heavy atom. The van der Waals surface area contributed by atoms with Gasteiger partial charge in [-0.05, 0) is 29.3 Å². The summed E-state index contributed by atoms with van der Waals surface area (Å²) < 4.78 is 38.2. The van der Waals surface area contributed by atoms with Crippen LogP contribution in [0, 0.1) is 11.3 Å². The van der Waals surface area contributed by atoms with Gasteiger partial charge in [-0.2, -0.15) is 18.4 Å². The molecule has 140 valence electrons. The average molecular weight is 375 g/mol. The minimum absolute atomic E-state index is 0.107. The van der Waals surface area contributed by atoms with Crippen molar-refractivity contribution in [3.63, 3.8) is 0 Å². The lowest BCUT2D eigenvalue weighted by atomic mass is 10.0. The second-order valence-electron chi connectivity index (χ2n) is 5.91. The zero-order valence-electron chi connectivity index (χ0n) is 14.1. The fourth-order valence-corrected chi connectivity index (χ4v) is 2.46. The maximum Gasteiger partial charge on any atom is 0.416 e. The van der Waals surface area contributed by atoms with Crippen LogP contribution in [0.5, 0.6) is 0 Å². The Morgan fingerprint density at radius 3 is 2.33 bits per heavy atom. The Morgan fingerprint density at radius 2 is 1.78 bits per heavy atom. The summed E-state index contributed by atoms with van der Waals surface area (Å²) >= 11 is 0. The van der Waals surface area contributed by atoms with Crippen molar-refractivity contribution in [2.45, 2.75) is 25.1 Å². The zero-order chi connectivity index (χ0) is 20.0. The number of benzene rings is 2. The quantitative estimate of drug-likeness (QED) is 0.811. The van der Waals surface area contributed by atoms with Crippen molar-refractivity contribution < 1.29 is 22.8 Å². The molecule has 0 aromatic heterocycles. The van der Waals surface area contributed by atoms with E-state index in [4.69, 9.17) is 11.0 Å². The molecule has 0 aliphatic heterocycles. The molecular weight excluding hydrogens is 359 g/mol. The number of halogens is 3. The van der Waals surface area contributed by atoms with E-state index in [2.05, 4.69) is 5.32 Å². The molecule has 2 rings (SSSR count). The largest absolute Gasteiger partial charge is 0.416 e. The molecular formula is C19H16F3N3O2. The first-order chi connectivity index (χ1) is 12.7. The summed E-state index contributed by atoms with van der Waals surface area (Å²) in [7, 11) is 0. The molecule has 2 aromatic rings. The van der Waals surface area contributed by atoms with Gasteiger partial charge in [0, 0.05) is 6.42 Å². The Hall–Kier alpha value is -3.34. The number of hydrogen-bond donors (Lipinski definition) is 2. The molecule has 8 heteroatoms. The molecule has 0 radical (unpaired) electrons. The van der Waals surface area contributed by atoms with Crippen LogP contribution in [0.3, 0.4) is 0 Å². The monoisotopic (exact) mass is 375 g/mol. The summed E-state index contributed by atoms with van der Waals surface area (Å²) in [5.41, 5.74) is 5.75. The predicted molar refractivity (Wildman–Crippen MR) is 91.1 cm³/mol. The Labute approximate surface area is 153 Å². The van der Waals surface area contributed by atoms with Gasteiger partial charge in [0.05, 0.1) is 23.6 Å². The third kappa shape index (κ3) is 5.85. The van der Waals surface area contributed by atoms with E-state index in [1.165, 1.54) is 12.1 Å². The molecule has 2 amide bonds. The van der Waals surface area contributed by atoms with Gasteiger partial charge in [-0.25, -0.2) is 0 Å². The number of amides is 2. The second kappa shape index (κ2) is 8.36. The van der Waals surface area contributed by atoms with Crippen LogP contribution in [0.15, 0.2) is 48.5 Å². The van der Waals surface area contributed by atoms with Gasteiger partial charge in [0.1, 0.15) is 6.04 Å². The lowest BCUT2D eigenvalue weighted by Crippen LogP contribution is -2.46. The minimum atomic E-state index is -4.50. The van der Waals surface area contributed by atoms with Crippen LogP contribution in [-0.4, -0.2) is 17.9 Å². The first-order valence-electron chi connectivity index (χ1n) is 7.93. The van der Waals surface area contributed by atoms with Gasteiger partial charge in [-0.15, -0.1) is 0 Å². The molecule has 0 aliphatic carbocycles. The van der Waals surface area contributed by atoms with Crippen LogP contribution >= 0.6 is 0 Å². The first-order valence-corrected chi connectivity index (χ1v) is 7.93. The summed E-state index contributed by atoms with van der Waals surface area (Å²) in [6.45, 7) is 0. The summed E-state index contributed by atoms with van der Waals surface area (Å²) in [5.74, 6) is -1.39. The minimum Gasteiger partial charge on any atom is -0.368 e. The van der Waals surface area contributed by atoms with Crippen molar-refractivity contribution in [2.24, 2.45) is 5.73 Å². The maximum atomic E-state index is 12.7. The van der Waals surface area contributed by atoms with E-state index in [-0.39, 0.29) is 18.4 Å². The number of primary amides is 1. The second-order valence-corrected chi connectivity index (χ2v) is 5.91. The molecule has 27 heavy (non-hydrogen) atoms. The number of nitrogens with zero attached hydrogens (tertiary/aromatic N) is 1. The highest BCUT2D eigenvalue weighted by Crippen LogP contribution is 2.29. The van der Waals surface area contributed by atoms with Crippen molar-refractivity contribution in [2.75, 3.05) is 0 Å². The highest BCUT2D eigenvalue weighted by Gasteiger charge is 2.30. The standard InChI is InChI=1S/C19H16F3N3O2/c20-19(21,22)15-3-1-2-14(8-15)10-17(26)25-16(18(24)27)9-12-4-6-13(11-23)7-5-12/h1-8,16H,9-10H2,(H2,24,27)(H,25,26)/t16-/m1/s1. The topological polar surface area (TPSA) is 96.0 Å². The number of nitrogens with one attached hydrogen (secondary N) is 1. The molecule has 0 saturated heterocycles. The van der Waals surface area contributed by atoms with Gasteiger partial charge in [0.2, 0.25) is 11.8 Å². The van der Waals surface area contributed by atoms with Gasteiger partial charge >= 0.3 is 6.18 Å². The molecule has 1 atom stereocenters. The highest BCUT2D eigenvalue weighted by atomic mass is 19.4. The van der Waals surface area contributed by atoms with Gasteiger partial charge in [0.25, 0.3) is 0 Å². The fourth-order valence-electron chi connectivity index (χ4n) is 2.46. The lowest BCUT2D eigenvalue weighted by Gasteiger charge is -2.16. The molecule has 2 aromatic carbocycles. The summed E-state index contributed by atoms with van der Waals surface area (Å²) in [6.07, 6.45) is -4.71. The summed E-state index contributed by atoms with van der Waals surface area (Å²) in [6, 6.07) is 11.8. The third-order valence-corrected chi connectivity index (χ3v) is 3.82. The highest BCUT2D eigenvalue weighted by molar-refractivity contribution is 5.87. The number of alkyl halides is 3. The van der Waals surface area contributed by atoms with Crippen molar-refractivity contribution in [1.82, 2.24) is 5.32 Å². The van der Waals surface area contributed by atoms with E-state index in [0.717, 1.165) is 12.1 Å². The van der Waals surface area contributed by atoms with E-state index < -0.39 is 29.6 Å². The van der Waals surface area contributed by atoms with E-state index in [0.29, 0.717) is 11.1 Å². The van der Waals surface area contributed by atoms with Crippen molar-refractivity contribution in [3.05, 3.63) is 70.8 Å². The molecule has 0 spiro atoms. The Balaban J connectivity index is 2.04. The molecule has 0 saturated carbocycles. The van der Waals surface area contributed by atoms with Crippen LogP contribution in [0.4, 0.5) is 13.2 Å². The molecule has 0 heterocycles. The van der Waals surface area contributed by atoms with Crippen molar-refractivity contribution >= 4 is 11.8 Å². The first kappa shape index (κ1) is 20.0. The lowest BCUT2D eigenvalue weighted by molar-refractivity contribution is -0.137. The molecule has 0 unspecified atom stereocenters. The van der Waals surface area contributed by atoms with Crippen molar-refractivity contribution in [3.8, 4) is 6.07 Å². The van der Waals surface area contributed by atoms with E-state index in [1.54, 1.807) is 24.3 Å². The predicted octanol–water partition coefficient (Wildman–Crippen LogP) is 2.33. The number of rotatable bonds is 6. The fraction of sp³-hybridized carbons (Fsp3) is 0.211. The van der Waals surface area contributed by atoms with Gasteiger partial charge in [-0.1, -0.05) is 30.3 Å². The number of nitrogens with two attached hydrogens (primary N) is 1. The average Bonchev–Trinajstić information content (AvgIpc) is 2.61. The van der Waals surface area contributed by atoms with E-state index in [1.807, 2.05) is 6.07 Å². The number of carbonyl (C=O) groups excluding carboxylic acids is 2. The molecule has 3 N–H and O–H groups in total. The van der Waals surface area contributed by atoms with Crippen LogP contribution in [0.2, 0.25) is 0 Å². The maximum absolute atomic E-state index is 12.7. The van der Waals surface area contributed by atoms with Gasteiger partial charge in [-0.3, -0.25) is 9.59 Å². The normalized spacial score (nSPS) is 12.1. The molecule has 0 aliphatic rings. The molecule has 0 bridgehead atoms. The van der Waals surface area contributed by atoms with Gasteiger partial charge < -0.3 is 11.1 Å². The smallest absolute Gasteiger partial charge is 0.368 e. The van der Waals surface area contributed by atoms with Crippen LogP contribution in [0.1, 0.15) is 22.3 Å². The van der Waals surface area contributed by atoms with E-state index >= 15 is 0 Å².